The van der Waals surface area contributed by atoms with Crippen LogP contribution in [0, 0.1) is 11.3 Å². The summed E-state index contributed by atoms with van der Waals surface area (Å²) in [5, 5.41) is 2.81. The van der Waals surface area contributed by atoms with Gasteiger partial charge in [-0.2, -0.15) is 0 Å². The number of alkyl carbamates (subject to hydrolysis) is 1. The predicted octanol–water partition coefficient (Wildman–Crippen LogP) is 3.83. The van der Waals surface area contributed by atoms with E-state index in [-0.39, 0.29) is 17.6 Å². The molecule has 16 heavy (non-hydrogen) atoms. The zero-order valence-corrected chi connectivity index (χ0v) is 12.2. The molecule has 0 heterocycles. The highest BCUT2D eigenvalue weighted by atomic mass is 16.5. The van der Waals surface area contributed by atoms with Crippen molar-refractivity contribution < 1.29 is 9.53 Å². The largest absolute Gasteiger partial charge is 0.449 e. The number of carbonyl (C=O) groups excluding carboxylic acids is 1. The highest BCUT2D eigenvalue weighted by Crippen LogP contribution is 2.18. The molecule has 0 rings (SSSR count). The summed E-state index contributed by atoms with van der Waals surface area (Å²) in [4.78, 5) is 11.3. The van der Waals surface area contributed by atoms with E-state index in [0.29, 0.717) is 12.5 Å². The molecule has 1 unspecified atom stereocenters. The van der Waals surface area contributed by atoms with Gasteiger partial charge in [0.05, 0.1) is 6.61 Å². The van der Waals surface area contributed by atoms with Crippen molar-refractivity contribution in [1.29, 1.82) is 0 Å². The van der Waals surface area contributed by atoms with Crippen LogP contribution in [0.3, 0.4) is 0 Å². The fraction of sp³-hybridized carbons (Fsp3) is 0.923. The van der Waals surface area contributed by atoms with Gasteiger partial charge in [-0.15, -0.1) is 0 Å². The summed E-state index contributed by atoms with van der Waals surface area (Å²) in [5.74, 6) is 0.380. The first-order chi connectivity index (χ1) is 7.23. The van der Waals surface area contributed by atoms with Gasteiger partial charge in [0.2, 0.25) is 0 Å². The van der Waals surface area contributed by atoms with Crippen LogP contribution in [-0.2, 0) is 4.74 Å². The third kappa shape index (κ3) is 9.81. The summed E-state index contributed by atoms with van der Waals surface area (Å²) in [7, 11) is 0. The summed E-state index contributed by atoms with van der Waals surface area (Å²) in [5.41, 5.74) is 0.0663. The first kappa shape index (κ1) is 17.7. The maximum Gasteiger partial charge on any atom is 0.407 e. The first-order valence-electron chi connectivity index (χ1n) is 6.16. The number of ether oxygens (including phenoxy) is 1. The molecule has 1 atom stereocenters. The molecular formula is C13H29NO2. The summed E-state index contributed by atoms with van der Waals surface area (Å²) in [6.07, 6.45) is -0.318. The number of carbonyl (C=O) groups is 1. The molecule has 1 amide bonds. The highest BCUT2D eigenvalue weighted by molar-refractivity contribution is 5.67. The van der Waals surface area contributed by atoms with E-state index >= 15 is 0 Å². The van der Waals surface area contributed by atoms with Crippen molar-refractivity contribution >= 4 is 6.09 Å². The van der Waals surface area contributed by atoms with Gasteiger partial charge in [0, 0.05) is 6.04 Å². The lowest BCUT2D eigenvalue weighted by atomic mass is 9.88. The standard InChI is InChI=1S/C11H23NO2.C2H6/c1-8(2)7-14-10(13)12-9(3)11(4,5)6;1-2/h8-9H,7H2,1-6H3,(H,12,13);1-2H3. The Morgan fingerprint density at radius 3 is 1.94 bits per heavy atom. The minimum atomic E-state index is -0.318. The van der Waals surface area contributed by atoms with Crippen LogP contribution in [0.2, 0.25) is 0 Å². The van der Waals surface area contributed by atoms with E-state index in [9.17, 15) is 4.79 Å². The number of hydrogen-bond acceptors (Lipinski definition) is 2. The second kappa shape index (κ2) is 8.43. The Morgan fingerprint density at radius 2 is 1.62 bits per heavy atom. The maximum absolute atomic E-state index is 11.3. The van der Waals surface area contributed by atoms with Crippen LogP contribution in [0.5, 0.6) is 0 Å². The van der Waals surface area contributed by atoms with Crippen LogP contribution in [0.15, 0.2) is 0 Å². The molecule has 0 aromatic carbocycles. The molecule has 3 nitrogen and oxygen atoms in total. The van der Waals surface area contributed by atoms with Crippen LogP contribution >= 0.6 is 0 Å². The van der Waals surface area contributed by atoms with Crippen molar-refractivity contribution in [2.75, 3.05) is 6.61 Å². The molecule has 0 aliphatic heterocycles. The van der Waals surface area contributed by atoms with Gasteiger partial charge in [-0.25, -0.2) is 4.79 Å². The molecule has 98 valence electrons. The van der Waals surface area contributed by atoms with Crippen LogP contribution in [0.25, 0.3) is 0 Å². The van der Waals surface area contributed by atoms with Gasteiger partial charge in [0.15, 0.2) is 0 Å². The topological polar surface area (TPSA) is 38.3 Å². The van der Waals surface area contributed by atoms with E-state index in [1.807, 2.05) is 34.6 Å². The smallest absolute Gasteiger partial charge is 0.407 e. The average Bonchev–Trinajstić information content (AvgIpc) is 2.16. The lowest BCUT2D eigenvalue weighted by molar-refractivity contribution is 0.122. The van der Waals surface area contributed by atoms with Crippen molar-refractivity contribution in [2.24, 2.45) is 11.3 Å². The van der Waals surface area contributed by atoms with E-state index < -0.39 is 0 Å². The molecule has 0 saturated heterocycles. The maximum atomic E-state index is 11.3. The molecule has 0 radical (unpaired) electrons. The lowest BCUT2D eigenvalue weighted by Crippen LogP contribution is -2.41. The molecule has 0 bridgehead atoms. The zero-order valence-electron chi connectivity index (χ0n) is 12.2. The van der Waals surface area contributed by atoms with Gasteiger partial charge in [0.25, 0.3) is 0 Å². The first-order valence-corrected chi connectivity index (χ1v) is 6.16. The molecule has 0 fully saturated rings. The van der Waals surface area contributed by atoms with E-state index in [2.05, 4.69) is 26.1 Å². The second-order valence-corrected chi connectivity index (χ2v) is 5.22. The molecule has 0 aliphatic rings. The van der Waals surface area contributed by atoms with Crippen molar-refractivity contribution in [3.05, 3.63) is 0 Å². The van der Waals surface area contributed by atoms with Crippen LogP contribution < -0.4 is 5.32 Å². The van der Waals surface area contributed by atoms with Crippen LogP contribution in [-0.4, -0.2) is 18.7 Å². The fourth-order valence-electron chi connectivity index (χ4n) is 0.677. The Labute approximate surface area is 101 Å². The number of nitrogens with one attached hydrogen (secondary N) is 1. The minimum absolute atomic E-state index is 0.0663. The predicted molar refractivity (Wildman–Crippen MR) is 69.6 cm³/mol. The summed E-state index contributed by atoms with van der Waals surface area (Å²) in [6, 6.07) is 0.113. The summed E-state index contributed by atoms with van der Waals surface area (Å²) >= 11 is 0. The Bertz CT molecular complexity index is 183. The summed E-state index contributed by atoms with van der Waals surface area (Å²) in [6.45, 7) is 16.7. The molecule has 1 N–H and O–H groups in total. The molecule has 0 aromatic heterocycles. The van der Waals surface area contributed by atoms with Crippen LogP contribution in [0.4, 0.5) is 4.79 Å². The van der Waals surface area contributed by atoms with Crippen molar-refractivity contribution in [3.8, 4) is 0 Å². The minimum Gasteiger partial charge on any atom is -0.449 e. The van der Waals surface area contributed by atoms with Crippen molar-refractivity contribution in [1.82, 2.24) is 5.32 Å². The highest BCUT2D eigenvalue weighted by Gasteiger charge is 2.22. The van der Waals surface area contributed by atoms with Crippen molar-refractivity contribution in [3.63, 3.8) is 0 Å². The van der Waals surface area contributed by atoms with Gasteiger partial charge in [0.1, 0.15) is 0 Å². The van der Waals surface area contributed by atoms with Gasteiger partial charge >= 0.3 is 6.09 Å². The van der Waals surface area contributed by atoms with E-state index in [1.54, 1.807) is 0 Å². The summed E-state index contributed by atoms with van der Waals surface area (Å²) < 4.78 is 5.02. The normalized spacial score (nSPS) is 12.6. The fourth-order valence-corrected chi connectivity index (χ4v) is 0.677. The molecular weight excluding hydrogens is 202 g/mol. The Morgan fingerprint density at radius 1 is 1.19 bits per heavy atom. The molecule has 0 spiro atoms. The Kier molecular flexibility index (Phi) is 9.30. The van der Waals surface area contributed by atoms with Crippen molar-refractivity contribution in [2.45, 2.75) is 61.4 Å². The molecule has 0 saturated carbocycles. The quantitative estimate of drug-likeness (QED) is 0.801. The van der Waals surface area contributed by atoms with Gasteiger partial charge < -0.3 is 10.1 Å². The third-order valence-electron chi connectivity index (χ3n) is 2.18. The van der Waals surface area contributed by atoms with E-state index in [4.69, 9.17) is 4.74 Å². The van der Waals surface area contributed by atoms with E-state index in [0.717, 1.165) is 0 Å². The third-order valence-corrected chi connectivity index (χ3v) is 2.18. The number of rotatable bonds is 3. The van der Waals surface area contributed by atoms with Crippen LogP contribution in [0.1, 0.15) is 55.4 Å². The van der Waals surface area contributed by atoms with Gasteiger partial charge in [-0.05, 0) is 18.3 Å². The average molecular weight is 231 g/mol. The SMILES string of the molecule is CC.CC(C)COC(=O)NC(C)C(C)(C)C. The molecule has 0 aliphatic carbocycles. The Balaban J connectivity index is 0. The Hall–Kier alpha value is -0.730. The number of amides is 1. The van der Waals surface area contributed by atoms with Gasteiger partial charge in [-0.1, -0.05) is 48.5 Å². The molecule has 0 aromatic rings. The number of hydrogen-bond donors (Lipinski definition) is 1. The lowest BCUT2D eigenvalue weighted by Gasteiger charge is -2.27. The molecule has 3 heteroatoms. The second-order valence-electron chi connectivity index (χ2n) is 5.22. The zero-order chi connectivity index (χ0) is 13.4. The van der Waals surface area contributed by atoms with Gasteiger partial charge in [-0.3, -0.25) is 0 Å². The monoisotopic (exact) mass is 231 g/mol. The van der Waals surface area contributed by atoms with E-state index in [1.165, 1.54) is 0 Å².